The van der Waals surface area contributed by atoms with Crippen LogP contribution in [0.15, 0.2) is 53.6 Å². The van der Waals surface area contributed by atoms with Gasteiger partial charge in [0.25, 0.3) is 5.91 Å². The Morgan fingerprint density at radius 2 is 2.00 bits per heavy atom. The van der Waals surface area contributed by atoms with Crippen LogP contribution in [0.5, 0.6) is 0 Å². The Morgan fingerprint density at radius 3 is 2.81 bits per heavy atom. The van der Waals surface area contributed by atoms with Crippen molar-refractivity contribution >= 4 is 34.6 Å². The van der Waals surface area contributed by atoms with Crippen molar-refractivity contribution in [3.63, 3.8) is 0 Å². The van der Waals surface area contributed by atoms with Crippen molar-refractivity contribution in [1.82, 2.24) is 15.7 Å². The van der Waals surface area contributed by atoms with Crippen molar-refractivity contribution in [1.29, 1.82) is 0 Å². The lowest BCUT2D eigenvalue weighted by molar-refractivity contribution is -0.123. The molecule has 0 aliphatic carbocycles. The first kappa shape index (κ1) is 16.8. The summed E-state index contributed by atoms with van der Waals surface area (Å²) >= 11 is 5.86. The number of aromatic nitrogens is 1. The van der Waals surface area contributed by atoms with Crippen LogP contribution in [0.25, 0.3) is 10.9 Å². The predicted molar refractivity (Wildman–Crippen MR) is 105 cm³/mol. The van der Waals surface area contributed by atoms with E-state index in [1.165, 1.54) is 10.9 Å². The highest BCUT2D eigenvalue weighted by atomic mass is 35.5. The molecule has 0 saturated heterocycles. The van der Waals surface area contributed by atoms with Crippen LogP contribution < -0.4 is 10.7 Å². The molecular weight excluding hydrogens is 348 g/mol. The first-order valence-corrected chi connectivity index (χ1v) is 8.93. The average Bonchev–Trinajstić information content (AvgIpc) is 3.03. The molecule has 1 aliphatic heterocycles. The number of benzene rings is 2. The molecule has 3 aromatic rings. The van der Waals surface area contributed by atoms with Gasteiger partial charge in [-0.1, -0.05) is 41.9 Å². The molecule has 0 fully saturated rings. The number of carbonyl (C=O) groups excluding carboxylic acids is 1. The maximum atomic E-state index is 12.5. The molecule has 1 aliphatic rings. The Hall–Kier alpha value is -2.63. The van der Waals surface area contributed by atoms with Gasteiger partial charge in [0, 0.05) is 27.7 Å². The van der Waals surface area contributed by atoms with Gasteiger partial charge in [-0.05, 0) is 42.7 Å². The van der Waals surface area contributed by atoms with Crippen molar-refractivity contribution in [3.05, 3.63) is 70.4 Å². The van der Waals surface area contributed by atoms with Crippen LogP contribution in [0.3, 0.4) is 0 Å². The minimum absolute atomic E-state index is 0.0714. The zero-order valence-corrected chi connectivity index (χ0v) is 15.0. The molecule has 0 unspecified atom stereocenters. The van der Waals surface area contributed by atoms with E-state index in [9.17, 15) is 4.79 Å². The third-order valence-corrected chi connectivity index (χ3v) is 4.97. The summed E-state index contributed by atoms with van der Waals surface area (Å²) in [6, 6.07) is 15.2. The van der Waals surface area contributed by atoms with Gasteiger partial charge in [-0.3, -0.25) is 10.1 Å². The van der Waals surface area contributed by atoms with E-state index in [1.807, 2.05) is 24.3 Å². The molecule has 2 heterocycles. The lowest BCUT2D eigenvalue weighted by atomic mass is 9.94. The molecule has 0 spiro atoms. The Labute approximate surface area is 156 Å². The number of amides is 1. The number of hydrogen-bond donors (Lipinski definition) is 3. The molecule has 3 N–H and O–H groups in total. The van der Waals surface area contributed by atoms with Gasteiger partial charge in [0.15, 0.2) is 0 Å². The van der Waals surface area contributed by atoms with Gasteiger partial charge in [-0.25, -0.2) is 5.43 Å². The second-order valence-electron chi connectivity index (χ2n) is 6.49. The summed E-state index contributed by atoms with van der Waals surface area (Å²) in [5.41, 5.74) is 6.97. The second kappa shape index (κ2) is 6.94. The largest absolute Gasteiger partial charge is 0.357 e. The summed E-state index contributed by atoms with van der Waals surface area (Å²) in [4.78, 5) is 16.0. The van der Waals surface area contributed by atoms with E-state index in [0.29, 0.717) is 11.4 Å². The molecule has 2 aromatic carbocycles. The van der Waals surface area contributed by atoms with Crippen molar-refractivity contribution < 1.29 is 4.79 Å². The van der Waals surface area contributed by atoms with Crippen molar-refractivity contribution in [2.24, 2.45) is 5.10 Å². The lowest BCUT2D eigenvalue weighted by Crippen LogP contribution is -2.47. The first-order valence-electron chi connectivity index (χ1n) is 8.56. The number of fused-ring (bicyclic) bond motifs is 3. The van der Waals surface area contributed by atoms with Crippen molar-refractivity contribution in [3.8, 4) is 0 Å². The molecule has 0 bridgehead atoms. The lowest BCUT2D eigenvalue weighted by Gasteiger charge is -2.27. The van der Waals surface area contributed by atoms with Crippen LogP contribution in [0.1, 0.15) is 29.8 Å². The highest BCUT2D eigenvalue weighted by molar-refractivity contribution is 6.30. The SMILES string of the molecule is C[C@@H]1N[C@H](C(=O)N/N=C/c2ccc(Cl)cc2)Cc2c1[nH]c1ccccc21. The Kier molecular flexibility index (Phi) is 4.49. The number of hydrogen-bond acceptors (Lipinski definition) is 3. The summed E-state index contributed by atoms with van der Waals surface area (Å²) in [5.74, 6) is -0.141. The van der Waals surface area contributed by atoms with E-state index >= 15 is 0 Å². The maximum absolute atomic E-state index is 12.5. The van der Waals surface area contributed by atoms with Gasteiger partial charge in [-0.2, -0.15) is 5.10 Å². The number of carbonyl (C=O) groups is 1. The molecule has 1 aromatic heterocycles. The molecule has 0 saturated carbocycles. The van der Waals surface area contributed by atoms with Gasteiger partial charge >= 0.3 is 0 Å². The first-order chi connectivity index (χ1) is 12.6. The Morgan fingerprint density at radius 1 is 1.23 bits per heavy atom. The van der Waals surface area contributed by atoms with Crippen molar-refractivity contribution in [2.75, 3.05) is 0 Å². The molecule has 132 valence electrons. The predicted octanol–water partition coefficient (Wildman–Crippen LogP) is 3.55. The second-order valence-corrected chi connectivity index (χ2v) is 6.93. The van der Waals surface area contributed by atoms with Gasteiger partial charge < -0.3 is 4.98 Å². The van der Waals surface area contributed by atoms with E-state index in [1.54, 1.807) is 18.3 Å². The van der Waals surface area contributed by atoms with E-state index < -0.39 is 0 Å². The van der Waals surface area contributed by atoms with E-state index in [4.69, 9.17) is 11.6 Å². The minimum atomic E-state index is -0.320. The standard InChI is InChI=1S/C20H19ClN4O/c1-12-19-16(15-4-2-3-5-17(15)24-19)10-18(23-12)20(26)25-22-11-13-6-8-14(21)9-7-13/h2-9,11-12,18,23-24H,10H2,1H3,(H,25,26)/b22-11+/t12-,18-/m0/s1. The Bertz CT molecular complexity index is 977. The van der Waals surface area contributed by atoms with Crippen LogP contribution >= 0.6 is 11.6 Å². The average molecular weight is 367 g/mol. The smallest absolute Gasteiger partial charge is 0.257 e. The summed E-state index contributed by atoms with van der Waals surface area (Å²) in [6.07, 6.45) is 2.24. The van der Waals surface area contributed by atoms with Crippen LogP contribution in [0.4, 0.5) is 0 Å². The molecule has 6 heteroatoms. The number of aromatic amines is 1. The number of rotatable bonds is 3. The fourth-order valence-electron chi connectivity index (χ4n) is 3.42. The van der Waals surface area contributed by atoms with E-state index in [0.717, 1.165) is 16.8 Å². The van der Waals surface area contributed by atoms with Gasteiger partial charge in [0.1, 0.15) is 0 Å². The zero-order valence-electron chi connectivity index (χ0n) is 14.3. The molecule has 26 heavy (non-hydrogen) atoms. The fraction of sp³-hybridized carbons (Fsp3) is 0.200. The van der Waals surface area contributed by atoms with Gasteiger partial charge in [0.05, 0.1) is 12.3 Å². The third-order valence-electron chi connectivity index (χ3n) is 4.71. The fourth-order valence-corrected chi connectivity index (χ4v) is 3.55. The highest BCUT2D eigenvalue weighted by Gasteiger charge is 2.30. The number of nitrogens with one attached hydrogen (secondary N) is 3. The number of H-pyrrole nitrogens is 1. The molecular formula is C20H19ClN4O. The van der Waals surface area contributed by atoms with Crippen molar-refractivity contribution in [2.45, 2.75) is 25.4 Å². The van der Waals surface area contributed by atoms with E-state index in [-0.39, 0.29) is 18.0 Å². The normalized spacial score (nSPS) is 19.6. The molecule has 2 atom stereocenters. The van der Waals surface area contributed by atoms with Crippen LogP contribution in [0.2, 0.25) is 5.02 Å². The molecule has 1 amide bonds. The third kappa shape index (κ3) is 3.23. The molecule has 0 radical (unpaired) electrons. The number of nitrogens with zero attached hydrogens (tertiary/aromatic N) is 1. The topological polar surface area (TPSA) is 69.3 Å². The zero-order chi connectivity index (χ0) is 18.1. The van der Waals surface area contributed by atoms with E-state index in [2.05, 4.69) is 39.9 Å². The van der Waals surface area contributed by atoms with Gasteiger partial charge in [-0.15, -0.1) is 0 Å². The summed E-state index contributed by atoms with van der Waals surface area (Å²) in [7, 11) is 0. The summed E-state index contributed by atoms with van der Waals surface area (Å²) < 4.78 is 0. The molecule has 4 rings (SSSR count). The number of halogens is 1. The maximum Gasteiger partial charge on any atom is 0.257 e. The van der Waals surface area contributed by atoms with Crippen LogP contribution in [-0.2, 0) is 11.2 Å². The highest BCUT2D eigenvalue weighted by Crippen LogP contribution is 2.31. The van der Waals surface area contributed by atoms with Crippen LogP contribution in [0, 0.1) is 0 Å². The Balaban J connectivity index is 1.48. The van der Waals surface area contributed by atoms with Gasteiger partial charge in [0.2, 0.25) is 0 Å². The quantitative estimate of drug-likeness (QED) is 0.490. The summed E-state index contributed by atoms with van der Waals surface area (Å²) in [5, 5.41) is 9.26. The number of hydrazone groups is 1. The minimum Gasteiger partial charge on any atom is -0.357 e. The summed E-state index contributed by atoms with van der Waals surface area (Å²) in [6.45, 7) is 2.06. The monoisotopic (exact) mass is 366 g/mol. The molecule has 5 nitrogen and oxygen atoms in total. The number of para-hydroxylation sites is 1. The van der Waals surface area contributed by atoms with Crippen LogP contribution in [-0.4, -0.2) is 23.1 Å².